The lowest BCUT2D eigenvalue weighted by atomic mass is 9.47. The molecule has 0 amide bonds. The third-order valence-electron chi connectivity index (χ3n) is 8.17. The molecule has 0 spiro atoms. The van der Waals surface area contributed by atoms with Crippen LogP contribution in [-0.4, -0.2) is 58.5 Å². The van der Waals surface area contributed by atoms with E-state index in [1.807, 2.05) is 0 Å². The summed E-state index contributed by atoms with van der Waals surface area (Å²) >= 11 is 0. The van der Waals surface area contributed by atoms with Gasteiger partial charge in [-0.1, -0.05) is 23.8 Å². The van der Waals surface area contributed by atoms with E-state index in [2.05, 4.69) is 30.0 Å². The van der Waals surface area contributed by atoms with Crippen LogP contribution in [0.2, 0.25) is 0 Å². The number of carbonyl (C=O) groups excluding carboxylic acids is 1. The number of aryl methyl sites for hydroxylation is 1. The van der Waals surface area contributed by atoms with Crippen molar-refractivity contribution < 1.29 is 19.7 Å². The summed E-state index contributed by atoms with van der Waals surface area (Å²) in [4.78, 5) is 15.1. The van der Waals surface area contributed by atoms with E-state index in [0.29, 0.717) is 13.0 Å². The van der Waals surface area contributed by atoms with Gasteiger partial charge in [-0.05, 0) is 76.0 Å². The maximum Gasteiger partial charge on any atom is 0.311 e. The van der Waals surface area contributed by atoms with Gasteiger partial charge in [0.2, 0.25) is 0 Å². The lowest BCUT2D eigenvalue weighted by Gasteiger charge is -2.65. The minimum Gasteiger partial charge on any atom is -0.466 e. The highest BCUT2D eigenvalue weighted by atomic mass is 16.5. The van der Waals surface area contributed by atoms with Crippen LogP contribution in [0.15, 0.2) is 18.2 Å². The number of aliphatic hydroxyl groups is 2. The van der Waals surface area contributed by atoms with Crippen molar-refractivity contribution in [2.45, 2.75) is 75.5 Å². The van der Waals surface area contributed by atoms with Crippen molar-refractivity contribution in [3.8, 4) is 0 Å². The van der Waals surface area contributed by atoms with Gasteiger partial charge in [0, 0.05) is 18.0 Å². The van der Waals surface area contributed by atoms with E-state index in [1.54, 1.807) is 6.92 Å². The molecular formula is C24H33NO4. The number of piperidine rings is 1. The van der Waals surface area contributed by atoms with Gasteiger partial charge in [-0.3, -0.25) is 9.69 Å². The number of likely N-dealkylation sites (tertiary alicyclic amines) is 1. The molecule has 0 aromatic heterocycles. The fraction of sp³-hybridized carbons (Fsp3) is 0.708. The summed E-state index contributed by atoms with van der Waals surface area (Å²) in [5.41, 5.74) is 2.18. The average molecular weight is 400 g/mol. The number of aliphatic hydroxyl groups excluding tert-OH is 1. The lowest BCUT2D eigenvalue weighted by molar-refractivity contribution is -0.205. The second-order valence-electron chi connectivity index (χ2n) is 9.91. The highest BCUT2D eigenvalue weighted by Gasteiger charge is 2.67. The Morgan fingerprint density at radius 2 is 2.10 bits per heavy atom. The molecule has 158 valence electrons. The molecule has 2 bridgehead atoms. The van der Waals surface area contributed by atoms with Crippen LogP contribution in [-0.2, 0) is 21.4 Å². The molecule has 2 saturated carbocycles. The topological polar surface area (TPSA) is 70.0 Å². The third kappa shape index (κ3) is 2.88. The van der Waals surface area contributed by atoms with E-state index < -0.39 is 23.0 Å². The summed E-state index contributed by atoms with van der Waals surface area (Å²) in [5, 5.41) is 23.4. The summed E-state index contributed by atoms with van der Waals surface area (Å²) in [6, 6.07) is 6.58. The van der Waals surface area contributed by atoms with E-state index in [9.17, 15) is 15.0 Å². The van der Waals surface area contributed by atoms with E-state index in [1.165, 1.54) is 29.5 Å². The fourth-order valence-electron chi connectivity index (χ4n) is 6.55. The molecule has 0 unspecified atom stereocenters. The molecule has 5 heteroatoms. The first-order valence-corrected chi connectivity index (χ1v) is 11.3. The van der Waals surface area contributed by atoms with Gasteiger partial charge in [0.25, 0.3) is 0 Å². The number of hydrogen-bond donors (Lipinski definition) is 2. The molecule has 5 atom stereocenters. The van der Waals surface area contributed by atoms with Crippen LogP contribution in [0.25, 0.3) is 0 Å². The van der Waals surface area contributed by atoms with Gasteiger partial charge in [0.15, 0.2) is 0 Å². The number of nitrogens with zero attached hydrogens (tertiary/aromatic N) is 1. The number of benzene rings is 1. The zero-order chi connectivity index (χ0) is 20.4. The second kappa shape index (κ2) is 6.79. The first-order valence-electron chi connectivity index (χ1n) is 11.3. The number of fused-ring (bicyclic) bond motifs is 1. The Hall–Kier alpha value is -1.43. The standard InChI is InChI=1S/C24H33NO4/c1-3-29-22(27)18-12-24(28)21-11-17-7-4-15(2)10-19(17)23(24,13-20(18)26)8-9-25(21)14-16-5-6-16/h4,7,10,16,18,20-21,26,28H,3,5-6,8-9,11-14H2,1-2H3/t18-,20+,21+,23+,24+/m0/s1. The Balaban J connectivity index is 1.60. The van der Waals surface area contributed by atoms with Gasteiger partial charge >= 0.3 is 5.97 Å². The Morgan fingerprint density at radius 3 is 2.83 bits per heavy atom. The monoisotopic (exact) mass is 399 g/mol. The molecule has 5 nitrogen and oxygen atoms in total. The fourth-order valence-corrected chi connectivity index (χ4v) is 6.55. The van der Waals surface area contributed by atoms with Crippen molar-refractivity contribution in [1.82, 2.24) is 4.90 Å². The van der Waals surface area contributed by atoms with Crippen molar-refractivity contribution in [3.63, 3.8) is 0 Å². The Kier molecular flexibility index (Phi) is 4.57. The van der Waals surface area contributed by atoms with E-state index in [-0.39, 0.29) is 18.4 Å². The summed E-state index contributed by atoms with van der Waals surface area (Å²) in [5.74, 6) is -0.270. The van der Waals surface area contributed by atoms with Crippen LogP contribution in [0, 0.1) is 18.8 Å². The van der Waals surface area contributed by atoms with E-state index in [0.717, 1.165) is 31.8 Å². The molecule has 3 fully saturated rings. The number of hydrogen-bond acceptors (Lipinski definition) is 5. The van der Waals surface area contributed by atoms with Gasteiger partial charge in [0.05, 0.1) is 24.2 Å². The minimum atomic E-state index is -1.02. The van der Waals surface area contributed by atoms with Crippen molar-refractivity contribution in [2.75, 3.05) is 19.7 Å². The van der Waals surface area contributed by atoms with Crippen molar-refractivity contribution in [2.24, 2.45) is 11.8 Å². The first-order chi connectivity index (χ1) is 13.9. The quantitative estimate of drug-likeness (QED) is 0.761. The Bertz CT molecular complexity index is 821. The summed E-state index contributed by atoms with van der Waals surface area (Å²) < 4.78 is 5.26. The second-order valence-corrected chi connectivity index (χ2v) is 9.91. The highest BCUT2D eigenvalue weighted by molar-refractivity contribution is 5.74. The predicted molar refractivity (Wildman–Crippen MR) is 110 cm³/mol. The molecule has 3 aliphatic carbocycles. The normalized spacial score (nSPS) is 38.8. The maximum atomic E-state index is 12.6. The van der Waals surface area contributed by atoms with Crippen LogP contribution in [0.4, 0.5) is 0 Å². The van der Waals surface area contributed by atoms with Crippen LogP contribution in [0.5, 0.6) is 0 Å². The minimum absolute atomic E-state index is 0.00326. The number of carbonyl (C=O) groups is 1. The average Bonchev–Trinajstić information content (AvgIpc) is 3.49. The molecule has 1 aliphatic heterocycles. The summed E-state index contributed by atoms with van der Waals surface area (Å²) in [6.45, 7) is 6.16. The number of esters is 1. The molecule has 29 heavy (non-hydrogen) atoms. The number of ether oxygens (including phenoxy) is 1. The van der Waals surface area contributed by atoms with Gasteiger partial charge < -0.3 is 14.9 Å². The molecule has 1 aromatic carbocycles. The molecule has 1 aromatic rings. The molecule has 0 radical (unpaired) electrons. The molecule has 1 heterocycles. The van der Waals surface area contributed by atoms with Crippen molar-refractivity contribution >= 4 is 5.97 Å². The largest absolute Gasteiger partial charge is 0.466 e. The number of rotatable bonds is 4. The maximum absolute atomic E-state index is 12.6. The molecule has 5 rings (SSSR count). The van der Waals surface area contributed by atoms with Crippen LogP contribution in [0.3, 0.4) is 0 Å². The molecule has 1 saturated heterocycles. The smallest absolute Gasteiger partial charge is 0.311 e. The molecule has 4 aliphatic rings. The third-order valence-corrected chi connectivity index (χ3v) is 8.17. The zero-order valence-electron chi connectivity index (χ0n) is 17.6. The van der Waals surface area contributed by atoms with Gasteiger partial charge in [-0.25, -0.2) is 0 Å². The van der Waals surface area contributed by atoms with Gasteiger partial charge in [-0.15, -0.1) is 0 Å². The molecule has 2 N–H and O–H groups in total. The SMILES string of the molecule is CCOC(=O)[C@H]1C[C@@]2(O)[C@H]3Cc4ccc(C)cc4[C@@]2(CCN3CC2CC2)C[C@H]1O. The Labute approximate surface area is 173 Å². The van der Waals surface area contributed by atoms with Crippen LogP contribution in [0.1, 0.15) is 55.7 Å². The summed E-state index contributed by atoms with van der Waals surface area (Å²) in [7, 11) is 0. The Morgan fingerprint density at radius 1 is 1.31 bits per heavy atom. The molecular weight excluding hydrogens is 366 g/mol. The van der Waals surface area contributed by atoms with E-state index >= 15 is 0 Å². The first kappa shape index (κ1) is 19.5. The van der Waals surface area contributed by atoms with Crippen LogP contribution < -0.4 is 0 Å². The van der Waals surface area contributed by atoms with Crippen LogP contribution >= 0.6 is 0 Å². The van der Waals surface area contributed by atoms with Gasteiger partial charge in [0.1, 0.15) is 0 Å². The predicted octanol–water partition coefficient (Wildman–Crippen LogP) is 2.34. The highest BCUT2D eigenvalue weighted by Crippen LogP contribution is 2.59. The lowest BCUT2D eigenvalue weighted by Crippen LogP contribution is -2.75. The van der Waals surface area contributed by atoms with E-state index in [4.69, 9.17) is 4.74 Å². The summed E-state index contributed by atoms with van der Waals surface area (Å²) in [6.07, 6.45) is 4.14. The van der Waals surface area contributed by atoms with Crippen molar-refractivity contribution in [3.05, 3.63) is 34.9 Å². The zero-order valence-corrected chi connectivity index (χ0v) is 17.6. The van der Waals surface area contributed by atoms with Gasteiger partial charge in [-0.2, -0.15) is 0 Å². The van der Waals surface area contributed by atoms with Crippen molar-refractivity contribution in [1.29, 1.82) is 0 Å².